The van der Waals surface area contributed by atoms with Crippen LogP contribution >= 0.6 is 0 Å². The lowest BCUT2D eigenvalue weighted by Crippen LogP contribution is -2.06. The van der Waals surface area contributed by atoms with Crippen molar-refractivity contribution in [1.29, 1.82) is 0 Å². The molecule has 0 bridgehead atoms. The van der Waals surface area contributed by atoms with Crippen molar-refractivity contribution in [2.24, 2.45) is 0 Å². The van der Waals surface area contributed by atoms with E-state index in [4.69, 9.17) is 9.47 Å². The third-order valence-corrected chi connectivity index (χ3v) is 3.41. The van der Waals surface area contributed by atoms with Crippen molar-refractivity contribution in [3.63, 3.8) is 0 Å². The first kappa shape index (κ1) is 15.5. The number of ether oxygens (including phenoxy) is 3. The molecule has 0 unspecified atom stereocenters. The van der Waals surface area contributed by atoms with E-state index in [-0.39, 0.29) is 0 Å². The monoisotopic (exact) mass is 326 g/mol. The molecule has 0 spiro atoms. The highest BCUT2D eigenvalue weighted by Crippen LogP contribution is 2.25. The van der Waals surface area contributed by atoms with Crippen LogP contribution in [0.5, 0.6) is 5.75 Å². The van der Waals surface area contributed by atoms with E-state index in [2.05, 4.69) is 14.7 Å². The number of H-pyrrole nitrogens is 1. The molecule has 0 fully saturated rings. The Bertz CT molecular complexity index is 899. The molecular formula is C17H14N2O5. The number of aromatic amines is 1. The minimum absolute atomic E-state index is 0.358. The Morgan fingerprint density at radius 3 is 2.42 bits per heavy atom. The molecule has 24 heavy (non-hydrogen) atoms. The van der Waals surface area contributed by atoms with Gasteiger partial charge in [-0.15, -0.1) is 0 Å². The summed E-state index contributed by atoms with van der Waals surface area (Å²) in [5.74, 6) is 0.503. The Morgan fingerprint density at radius 2 is 1.75 bits per heavy atom. The van der Waals surface area contributed by atoms with E-state index in [9.17, 15) is 9.59 Å². The van der Waals surface area contributed by atoms with Crippen LogP contribution in [0.4, 0.5) is 4.79 Å². The number of carbonyl (C=O) groups is 2. The first-order valence-corrected chi connectivity index (χ1v) is 7.05. The van der Waals surface area contributed by atoms with Crippen molar-refractivity contribution in [3.8, 4) is 17.1 Å². The molecule has 0 radical (unpaired) electrons. The number of hydrogen-bond donors (Lipinski definition) is 1. The molecule has 0 atom stereocenters. The highest BCUT2D eigenvalue weighted by atomic mass is 16.7. The van der Waals surface area contributed by atoms with Gasteiger partial charge in [-0.25, -0.2) is 14.6 Å². The second-order valence-corrected chi connectivity index (χ2v) is 4.86. The normalized spacial score (nSPS) is 10.4. The molecule has 3 rings (SSSR count). The van der Waals surface area contributed by atoms with Crippen LogP contribution in [0.15, 0.2) is 42.5 Å². The zero-order valence-corrected chi connectivity index (χ0v) is 13.0. The fraction of sp³-hybridized carbons (Fsp3) is 0.118. The summed E-state index contributed by atoms with van der Waals surface area (Å²) in [5, 5.41) is 0. The van der Waals surface area contributed by atoms with Crippen LogP contribution in [0, 0.1) is 0 Å². The summed E-state index contributed by atoms with van der Waals surface area (Å²) in [7, 11) is 2.57. The number of hydrogen-bond acceptors (Lipinski definition) is 6. The van der Waals surface area contributed by atoms with Crippen LogP contribution in [-0.2, 0) is 9.47 Å². The maximum Gasteiger partial charge on any atom is 0.513 e. The SMILES string of the molecule is COC(=O)Oc1ccc(-c2nc3c(C(=O)OC)cccc3[nH]2)cc1. The fourth-order valence-electron chi connectivity index (χ4n) is 2.26. The second-order valence-electron chi connectivity index (χ2n) is 4.86. The van der Waals surface area contributed by atoms with E-state index in [1.165, 1.54) is 14.2 Å². The number of imidazole rings is 1. The van der Waals surface area contributed by atoms with Gasteiger partial charge in [0.25, 0.3) is 0 Å². The summed E-state index contributed by atoms with van der Waals surface area (Å²) >= 11 is 0. The fourth-order valence-corrected chi connectivity index (χ4v) is 2.26. The number of fused-ring (bicyclic) bond motifs is 1. The van der Waals surface area contributed by atoms with Gasteiger partial charge >= 0.3 is 12.1 Å². The van der Waals surface area contributed by atoms with Gasteiger partial charge in [0.2, 0.25) is 0 Å². The molecule has 0 amide bonds. The number of carbonyl (C=O) groups excluding carboxylic acids is 2. The molecular weight excluding hydrogens is 312 g/mol. The minimum Gasteiger partial charge on any atom is -0.465 e. The molecule has 0 saturated heterocycles. The van der Waals surface area contributed by atoms with Gasteiger partial charge in [-0.05, 0) is 36.4 Å². The van der Waals surface area contributed by atoms with Gasteiger partial charge in [0.15, 0.2) is 0 Å². The van der Waals surface area contributed by atoms with Gasteiger partial charge in [-0.1, -0.05) is 6.07 Å². The maximum absolute atomic E-state index is 11.8. The van der Waals surface area contributed by atoms with Gasteiger partial charge in [-0.2, -0.15) is 0 Å². The Morgan fingerprint density at radius 1 is 1.00 bits per heavy atom. The number of para-hydroxylation sites is 1. The molecule has 122 valence electrons. The predicted octanol–water partition coefficient (Wildman–Crippen LogP) is 3.16. The molecule has 1 heterocycles. The van der Waals surface area contributed by atoms with Crippen molar-refractivity contribution in [3.05, 3.63) is 48.0 Å². The van der Waals surface area contributed by atoms with Crippen LogP contribution in [0.25, 0.3) is 22.4 Å². The van der Waals surface area contributed by atoms with E-state index in [1.54, 1.807) is 36.4 Å². The number of nitrogens with one attached hydrogen (secondary N) is 1. The molecule has 7 heteroatoms. The Kier molecular flexibility index (Phi) is 4.15. The lowest BCUT2D eigenvalue weighted by atomic mass is 10.2. The lowest BCUT2D eigenvalue weighted by molar-refractivity contribution is 0.0602. The van der Waals surface area contributed by atoms with Crippen LogP contribution in [0.1, 0.15) is 10.4 Å². The van der Waals surface area contributed by atoms with Gasteiger partial charge in [0.05, 0.1) is 25.3 Å². The molecule has 0 aliphatic rings. The summed E-state index contributed by atoms with van der Waals surface area (Å²) in [6.45, 7) is 0. The highest BCUT2D eigenvalue weighted by molar-refractivity contribution is 6.02. The average Bonchev–Trinajstić information content (AvgIpc) is 3.05. The van der Waals surface area contributed by atoms with Crippen molar-refractivity contribution < 1.29 is 23.8 Å². The van der Waals surface area contributed by atoms with Crippen molar-refractivity contribution in [1.82, 2.24) is 9.97 Å². The quantitative estimate of drug-likeness (QED) is 0.587. The summed E-state index contributed by atoms with van der Waals surface area (Å²) in [6.07, 6.45) is -0.783. The first-order chi connectivity index (χ1) is 11.6. The zero-order chi connectivity index (χ0) is 17.1. The molecule has 1 N–H and O–H groups in total. The number of methoxy groups -OCH3 is 2. The van der Waals surface area contributed by atoms with Gasteiger partial charge in [0, 0.05) is 5.56 Å². The zero-order valence-electron chi connectivity index (χ0n) is 13.0. The van der Waals surface area contributed by atoms with E-state index >= 15 is 0 Å². The molecule has 2 aromatic carbocycles. The third-order valence-electron chi connectivity index (χ3n) is 3.41. The standard InChI is InChI=1S/C17H14N2O5/c1-22-16(20)12-4-3-5-13-14(12)19-15(18-13)10-6-8-11(9-7-10)24-17(21)23-2/h3-9H,1-2H3,(H,18,19). The van der Waals surface area contributed by atoms with Crippen LogP contribution in [0.3, 0.4) is 0 Å². The Labute approximate surface area is 137 Å². The second kappa shape index (κ2) is 6.41. The molecule has 1 aromatic heterocycles. The summed E-state index contributed by atoms with van der Waals surface area (Å²) in [6, 6.07) is 12.0. The Balaban J connectivity index is 1.95. The summed E-state index contributed by atoms with van der Waals surface area (Å²) in [5.41, 5.74) is 2.43. The topological polar surface area (TPSA) is 90.5 Å². The smallest absolute Gasteiger partial charge is 0.465 e. The number of esters is 1. The van der Waals surface area contributed by atoms with Crippen LogP contribution < -0.4 is 4.74 Å². The van der Waals surface area contributed by atoms with Crippen molar-refractivity contribution in [2.75, 3.05) is 14.2 Å². The largest absolute Gasteiger partial charge is 0.513 e. The van der Waals surface area contributed by atoms with E-state index in [0.29, 0.717) is 22.7 Å². The Hall–Kier alpha value is -3.35. The van der Waals surface area contributed by atoms with Crippen LogP contribution in [0.2, 0.25) is 0 Å². The molecule has 3 aromatic rings. The molecule has 7 nitrogen and oxygen atoms in total. The molecule has 0 aliphatic carbocycles. The molecule has 0 aliphatic heterocycles. The third kappa shape index (κ3) is 2.91. The van der Waals surface area contributed by atoms with Gasteiger partial charge < -0.3 is 19.2 Å². The van der Waals surface area contributed by atoms with Gasteiger partial charge in [-0.3, -0.25) is 0 Å². The van der Waals surface area contributed by atoms with Gasteiger partial charge in [0.1, 0.15) is 17.1 Å². The van der Waals surface area contributed by atoms with E-state index < -0.39 is 12.1 Å². The minimum atomic E-state index is -0.783. The lowest BCUT2D eigenvalue weighted by Gasteiger charge is -2.02. The van der Waals surface area contributed by atoms with Crippen molar-refractivity contribution >= 4 is 23.2 Å². The summed E-state index contributed by atoms with van der Waals surface area (Å²) in [4.78, 5) is 30.5. The number of rotatable bonds is 3. The highest BCUT2D eigenvalue weighted by Gasteiger charge is 2.14. The average molecular weight is 326 g/mol. The maximum atomic E-state index is 11.8. The number of aromatic nitrogens is 2. The molecule has 0 saturated carbocycles. The first-order valence-electron chi connectivity index (χ1n) is 7.05. The van der Waals surface area contributed by atoms with Crippen molar-refractivity contribution in [2.45, 2.75) is 0 Å². The number of benzene rings is 2. The van der Waals surface area contributed by atoms with Crippen LogP contribution in [-0.4, -0.2) is 36.3 Å². The van der Waals surface area contributed by atoms with E-state index in [0.717, 1.165) is 11.1 Å². The number of nitrogens with zero attached hydrogens (tertiary/aromatic N) is 1. The summed E-state index contributed by atoms with van der Waals surface area (Å²) < 4.78 is 14.1. The predicted molar refractivity (Wildman–Crippen MR) is 85.9 cm³/mol. The van der Waals surface area contributed by atoms with E-state index in [1.807, 2.05) is 6.07 Å².